The Kier molecular flexibility index (Phi) is 5.67. The van der Waals surface area contributed by atoms with E-state index >= 15 is 0 Å². The van der Waals surface area contributed by atoms with Gasteiger partial charge < -0.3 is 0 Å². The molecule has 0 bridgehead atoms. The van der Waals surface area contributed by atoms with Crippen molar-refractivity contribution < 1.29 is 0 Å². The van der Waals surface area contributed by atoms with Gasteiger partial charge in [-0.05, 0) is 30.1 Å². The van der Waals surface area contributed by atoms with Crippen LogP contribution in [0.2, 0.25) is 0 Å². The molecule has 0 N–H and O–H groups in total. The molecule has 0 aliphatic heterocycles. The highest BCUT2D eigenvalue weighted by Crippen LogP contribution is 2.33. The molecule has 0 aliphatic carbocycles. The maximum absolute atomic E-state index is 2.33. The number of hydrogen-bond acceptors (Lipinski definition) is 0. The summed E-state index contributed by atoms with van der Waals surface area (Å²) in [5, 5.41) is 0. The minimum atomic E-state index is 0.466. The third-order valence-corrected chi connectivity index (χ3v) is 2.43. The van der Waals surface area contributed by atoms with Gasteiger partial charge in [0.1, 0.15) is 0 Å². The lowest BCUT2D eigenvalue weighted by atomic mass is 9.77. The Bertz CT molecular complexity index is 116. The van der Waals surface area contributed by atoms with Gasteiger partial charge in [-0.2, -0.15) is 0 Å². The fourth-order valence-electron chi connectivity index (χ4n) is 1.67. The van der Waals surface area contributed by atoms with E-state index in [1.165, 1.54) is 25.7 Å². The van der Waals surface area contributed by atoms with Crippen molar-refractivity contribution in [3.63, 3.8) is 0 Å². The van der Waals surface area contributed by atoms with E-state index in [0.717, 1.165) is 5.92 Å². The Morgan fingerprint density at radius 3 is 2.00 bits per heavy atom. The zero-order chi connectivity index (χ0) is 10.5. The van der Waals surface area contributed by atoms with Crippen LogP contribution in [0.25, 0.3) is 0 Å². The Labute approximate surface area is 85.1 Å². The molecule has 0 unspecified atom stereocenters. The van der Waals surface area contributed by atoms with E-state index in [0.29, 0.717) is 5.41 Å². The monoisotopic (exact) mass is 183 g/mol. The second-order valence-electron chi connectivity index (χ2n) is 5.65. The van der Waals surface area contributed by atoms with Crippen molar-refractivity contribution in [2.75, 3.05) is 0 Å². The molecular weight excluding hydrogens is 156 g/mol. The SMILES string of the molecule is CCCC[C](CC(C)(C)C)C(C)C. The quantitative estimate of drug-likeness (QED) is 0.572. The highest BCUT2D eigenvalue weighted by Gasteiger charge is 2.21. The summed E-state index contributed by atoms with van der Waals surface area (Å²) in [5.74, 6) is 2.53. The van der Waals surface area contributed by atoms with Gasteiger partial charge in [-0.15, -0.1) is 0 Å². The van der Waals surface area contributed by atoms with Crippen molar-refractivity contribution in [3.8, 4) is 0 Å². The van der Waals surface area contributed by atoms with Crippen LogP contribution in [0.4, 0.5) is 0 Å². The van der Waals surface area contributed by atoms with E-state index in [1.54, 1.807) is 5.92 Å². The molecule has 0 amide bonds. The summed E-state index contributed by atoms with van der Waals surface area (Å²) in [6, 6.07) is 0. The third kappa shape index (κ3) is 7.10. The van der Waals surface area contributed by atoms with Gasteiger partial charge in [0.2, 0.25) is 0 Å². The van der Waals surface area contributed by atoms with Crippen LogP contribution in [0.3, 0.4) is 0 Å². The van der Waals surface area contributed by atoms with Crippen molar-refractivity contribution in [1.82, 2.24) is 0 Å². The zero-order valence-corrected chi connectivity index (χ0v) is 10.4. The van der Waals surface area contributed by atoms with E-state index in [1.807, 2.05) is 0 Å². The lowest BCUT2D eigenvalue weighted by Gasteiger charge is -2.28. The van der Waals surface area contributed by atoms with Crippen LogP contribution in [0.15, 0.2) is 0 Å². The molecule has 0 nitrogen and oxygen atoms in total. The molecule has 0 aliphatic rings. The smallest absolute Gasteiger partial charge is 0.0210 e. The van der Waals surface area contributed by atoms with Crippen molar-refractivity contribution in [2.24, 2.45) is 11.3 Å². The van der Waals surface area contributed by atoms with Gasteiger partial charge in [0, 0.05) is 0 Å². The van der Waals surface area contributed by atoms with Crippen LogP contribution in [0.5, 0.6) is 0 Å². The fourth-order valence-corrected chi connectivity index (χ4v) is 1.67. The Balaban J connectivity index is 3.95. The highest BCUT2D eigenvalue weighted by atomic mass is 14.3. The first-order chi connectivity index (χ1) is 5.87. The molecule has 0 saturated carbocycles. The maximum Gasteiger partial charge on any atom is -0.0210 e. The van der Waals surface area contributed by atoms with Crippen LogP contribution < -0.4 is 0 Å². The summed E-state index contributed by atoms with van der Waals surface area (Å²) in [4.78, 5) is 0. The van der Waals surface area contributed by atoms with Crippen molar-refractivity contribution in [1.29, 1.82) is 0 Å². The first kappa shape index (κ1) is 13.0. The number of hydrogen-bond donors (Lipinski definition) is 0. The molecule has 0 heteroatoms. The summed E-state index contributed by atoms with van der Waals surface area (Å²) in [6.07, 6.45) is 5.32. The zero-order valence-electron chi connectivity index (χ0n) is 10.4. The standard InChI is InChI=1S/C13H27/c1-7-8-9-12(11(2)3)10-13(4,5)6/h11H,7-10H2,1-6H3. The van der Waals surface area contributed by atoms with Crippen LogP contribution in [0, 0.1) is 17.3 Å². The van der Waals surface area contributed by atoms with Crippen LogP contribution in [-0.4, -0.2) is 0 Å². The van der Waals surface area contributed by atoms with Crippen LogP contribution in [-0.2, 0) is 0 Å². The van der Waals surface area contributed by atoms with Gasteiger partial charge in [-0.1, -0.05) is 54.4 Å². The summed E-state index contributed by atoms with van der Waals surface area (Å²) < 4.78 is 0. The van der Waals surface area contributed by atoms with Gasteiger partial charge in [0.15, 0.2) is 0 Å². The highest BCUT2D eigenvalue weighted by molar-refractivity contribution is 4.95. The van der Waals surface area contributed by atoms with E-state index in [2.05, 4.69) is 41.5 Å². The van der Waals surface area contributed by atoms with Gasteiger partial charge in [-0.25, -0.2) is 0 Å². The number of rotatable bonds is 5. The minimum Gasteiger partial charge on any atom is -0.0654 e. The van der Waals surface area contributed by atoms with Gasteiger partial charge >= 0.3 is 0 Å². The predicted molar refractivity (Wildman–Crippen MR) is 61.7 cm³/mol. The molecule has 0 atom stereocenters. The van der Waals surface area contributed by atoms with E-state index in [-0.39, 0.29) is 0 Å². The lowest BCUT2D eigenvalue weighted by Crippen LogP contribution is -2.16. The van der Waals surface area contributed by atoms with Crippen LogP contribution >= 0.6 is 0 Å². The molecule has 0 aromatic rings. The van der Waals surface area contributed by atoms with E-state index in [4.69, 9.17) is 0 Å². The second-order valence-corrected chi connectivity index (χ2v) is 5.65. The topological polar surface area (TPSA) is 0 Å². The first-order valence-corrected chi connectivity index (χ1v) is 5.71. The predicted octanol–water partition coefficient (Wildman–Crippen LogP) is 4.84. The molecular formula is C13H27. The van der Waals surface area contributed by atoms with Crippen molar-refractivity contribution in [2.45, 2.75) is 67.2 Å². The largest absolute Gasteiger partial charge is 0.0654 e. The molecule has 0 aromatic heterocycles. The third-order valence-electron chi connectivity index (χ3n) is 2.43. The molecule has 0 heterocycles. The van der Waals surface area contributed by atoms with Crippen LogP contribution in [0.1, 0.15) is 67.2 Å². The Morgan fingerprint density at radius 1 is 1.15 bits per heavy atom. The van der Waals surface area contributed by atoms with Crippen molar-refractivity contribution >= 4 is 0 Å². The fraction of sp³-hybridized carbons (Fsp3) is 0.923. The first-order valence-electron chi connectivity index (χ1n) is 5.71. The minimum absolute atomic E-state index is 0.466. The summed E-state index contributed by atoms with van der Waals surface area (Å²) in [7, 11) is 0. The van der Waals surface area contributed by atoms with Gasteiger partial charge in [0.05, 0.1) is 0 Å². The molecule has 1 radical (unpaired) electrons. The maximum atomic E-state index is 2.33. The average Bonchev–Trinajstić information content (AvgIpc) is 1.95. The average molecular weight is 183 g/mol. The molecule has 0 rings (SSSR count). The second kappa shape index (κ2) is 5.67. The van der Waals surface area contributed by atoms with Gasteiger partial charge in [0.25, 0.3) is 0 Å². The lowest BCUT2D eigenvalue weighted by molar-refractivity contribution is 0.346. The molecule has 0 spiro atoms. The molecule has 0 saturated heterocycles. The van der Waals surface area contributed by atoms with Crippen molar-refractivity contribution in [3.05, 3.63) is 5.92 Å². The molecule has 0 aromatic carbocycles. The summed E-state index contributed by atoms with van der Waals surface area (Å²) in [5.41, 5.74) is 0.466. The van der Waals surface area contributed by atoms with E-state index in [9.17, 15) is 0 Å². The molecule has 0 fully saturated rings. The Morgan fingerprint density at radius 2 is 1.69 bits per heavy atom. The molecule has 13 heavy (non-hydrogen) atoms. The van der Waals surface area contributed by atoms with E-state index < -0.39 is 0 Å². The summed E-state index contributed by atoms with van der Waals surface area (Å²) in [6.45, 7) is 13.9. The Hall–Kier alpha value is 0. The van der Waals surface area contributed by atoms with Gasteiger partial charge in [-0.3, -0.25) is 0 Å². The number of unbranched alkanes of at least 4 members (excludes halogenated alkanes) is 1. The normalized spacial score (nSPS) is 12.9. The molecule has 79 valence electrons. The summed E-state index contributed by atoms with van der Waals surface area (Å²) >= 11 is 0.